The van der Waals surface area contributed by atoms with Gasteiger partial charge in [-0.3, -0.25) is 14.7 Å². The first kappa shape index (κ1) is 23.2. The molecule has 174 valence electrons. The topological polar surface area (TPSA) is 85.8 Å². The molecule has 0 bridgehead atoms. The molecule has 8 nitrogen and oxygen atoms in total. The lowest BCUT2D eigenvalue weighted by atomic mass is 10.0. The summed E-state index contributed by atoms with van der Waals surface area (Å²) in [5.41, 5.74) is 2.51. The average Bonchev–Trinajstić information content (AvgIpc) is 3.26. The minimum atomic E-state index is -0.133. The van der Waals surface area contributed by atoms with E-state index in [0.29, 0.717) is 41.8 Å². The number of nitrogens with zero attached hydrogens (tertiary/aromatic N) is 3. The molecule has 1 N–H and O–H groups in total. The number of methoxy groups -OCH3 is 2. The average molecular weight is 469 g/mol. The molecule has 4 rings (SSSR count). The molecule has 0 aliphatic carbocycles. The number of carbonyl (C=O) groups excluding carboxylic acids is 1. The van der Waals surface area contributed by atoms with Crippen LogP contribution in [0.5, 0.6) is 11.5 Å². The fourth-order valence-corrected chi connectivity index (χ4v) is 4.84. The number of amides is 1. The SMILES string of the molecule is COc1ccc(C(CNC(=O)c2sc(-c3ccccn3)nc2C)N2CCOCC2)cc1OC. The Hall–Kier alpha value is -3.01. The van der Waals surface area contributed by atoms with Crippen molar-refractivity contribution in [1.29, 1.82) is 0 Å². The third-order valence-corrected chi connectivity index (χ3v) is 6.80. The van der Waals surface area contributed by atoms with Crippen molar-refractivity contribution in [3.63, 3.8) is 0 Å². The number of aromatic nitrogens is 2. The van der Waals surface area contributed by atoms with Gasteiger partial charge >= 0.3 is 0 Å². The number of carbonyl (C=O) groups is 1. The van der Waals surface area contributed by atoms with Crippen molar-refractivity contribution in [3.8, 4) is 22.2 Å². The van der Waals surface area contributed by atoms with E-state index in [1.807, 2.05) is 43.3 Å². The molecule has 1 aliphatic rings. The summed E-state index contributed by atoms with van der Waals surface area (Å²) >= 11 is 1.36. The highest BCUT2D eigenvalue weighted by Crippen LogP contribution is 2.32. The molecule has 0 radical (unpaired) electrons. The van der Waals surface area contributed by atoms with Crippen LogP contribution >= 0.6 is 11.3 Å². The zero-order chi connectivity index (χ0) is 23.2. The fourth-order valence-electron chi connectivity index (χ4n) is 3.88. The van der Waals surface area contributed by atoms with Gasteiger partial charge in [-0.1, -0.05) is 12.1 Å². The zero-order valence-corrected chi connectivity index (χ0v) is 19.9. The van der Waals surface area contributed by atoms with Crippen LogP contribution in [0.2, 0.25) is 0 Å². The predicted molar refractivity (Wildman–Crippen MR) is 127 cm³/mol. The van der Waals surface area contributed by atoms with Gasteiger partial charge in [0.1, 0.15) is 9.88 Å². The molecule has 0 saturated carbocycles. The smallest absolute Gasteiger partial charge is 0.263 e. The molecule has 3 heterocycles. The van der Waals surface area contributed by atoms with Crippen molar-refractivity contribution in [2.45, 2.75) is 13.0 Å². The van der Waals surface area contributed by atoms with E-state index in [0.717, 1.165) is 29.4 Å². The van der Waals surface area contributed by atoms with Crippen molar-refractivity contribution in [2.24, 2.45) is 0 Å². The number of rotatable bonds is 8. The van der Waals surface area contributed by atoms with Crippen molar-refractivity contribution >= 4 is 17.2 Å². The first-order valence-corrected chi connectivity index (χ1v) is 11.6. The Labute approximate surface area is 197 Å². The molecule has 9 heteroatoms. The molecular formula is C24H28N4O4S. The van der Waals surface area contributed by atoms with E-state index in [1.54, 1.807) is 20.4 Å². The summed E-state index contributed by atoms with van der Waals surface area (Å²) in [6.45, 7) is 5.21. The number of ether oxygens (including phenoxy) is 3. The van der Waals surface area contributed by atoms with Gasteiger partial charge in [0.15, 0.2) is 11.5 Å². The van der Waals surface area contributed by atoms with Crippen LogP contribution < -0.4 is 14.8 Å². The Morgan fingerprint density at radius 3 is 2.67 bits per heavy atom. The molecule has 2 aromatic heterocycles. The van der Waals surface area contributed by atoms with Gasteiger partial charge in [-0.05, 0) is 36.8 Å². The van der Waals surface area contributed by atoms with E-state index < -0.39 is 0 Å². The maximum absolute atomic E-state index is 13.1. The van der Waals surface area contributed by atoms with E-state index in [-0.39, 0.29) is 11.9 Å². The number of pyridine rings is 1. The maximum Gasteiger partial charge on any atom is 0.263 e. The number of hydrogen-bond donors (Lipinski definition) is 1. The molecule has 1 amide bonds. The number of aryl methyl sites for hydroxylation is 1. The van der Waals surface area contributed by atoms with E-state index >= 15 is 0 Å². The van der Waals surface area contributed by atoms with Crippen LogP contribution in [-0.2, 0) is 4.74 Å². The molecule has 1 atom stereocenters. The number of morpholine rings is 1. The Bertz CT molecular complexity index is 1080. The lowest BCUT2D eigenvalue weighted by Crippen LogP contribution is -2.43. The van der Waals surface area contributed by atoms with Crippen molar-refractivity contribution in [3.05, 3.63) is 58.7 Å². The summed E-state index contributed by atoms with van der Waals surface area (Å²) in [7, 11) is 3.24. The van der Waals surface area contributed by atoms with Crippen LogP contribution in [-0.4, -0.2) is 67.8 Å². The van der Waals surface area contributed by atoms with Crippen LogP contribution in [0.25, 0.3) is 10.7 Å². The fraction of sp³-hybridized carbons (Fsp3) is 0.375. The van der Waals surface area contributed by atoms with E-state index in [2.05, 4.69) is 20.2 Å². The largest absolute Gasteiger partial charge is 0.493 e. The monoisotopic (exact) mass is 468 g/mol. The Balaban J connectivity index is 1.54. The number of nitrogens with one attached hydrogen (secondary N) is 1. The Kier molecular flexibility index (Phi) is 7.54. The molecular weight excluding hydrogens is 440 g/mol. The van der Waals surface area contributed by atoms with Crippen molar-refractivity contribution < 1.29 is 19.0 Å². The normalized spacial score (nSPS) is 15.1. The molecule has 33 heavy (non-hydrogen) atoms. The second-order valence-corrected chi connectivity index (χ2v) is 8.64. The molecule has 1 unspecified atom stereocenters. The lowest BCUT2D eigenvalue weighted by Gasteiger charge is -2.35. The van der Waals surface area contributed by atoms with Gasteiger partial charge < -0.3 is 19.5 Å². The minimum absolute atomic E-state index is 0.0267. The summed E-state index contributed by atoms with van der Waals surface area (Å²) in [5, 5.41) is 3.86. The van der Waals surface area contributed by atoms with Crippen LogP contribution in [0.4, 0.5) is 0 Å². The van der Waals surface area contributed by atoms with Crippen LogP contribution in [0, 0.1) is 6.92 Å². The zero-order valence-electron chi connectivity index (χ0n) is 19.0. The third kappa shape index (κ3) is 5.32. The van der Waals surface area contributed by atoms with E-state index in [1.165, 1.54) is 11.3 Å². The van der Waals surface area contributed by atoms with E-state index in [4.69, 9.17) is 14.2 Å². The summed E-state index contributed by atoms with van der Waals surface area (Å²) in [4.78, 5) is 24.9. The summed E-state index contributed by atoms with van der Waals surface area (Å²) in [6.07, 6.45) is 1.72. The molecule has 1 aliphatic heterocycles. The van der Waals surface area contributed by atoms with Gasteiger partial charge in [-0.25, -0.2) is 4.98 Å². The molecule has 0 spiro atoms. The maximum atomic E-state index is 13.1. The van der Waals surface area contributed by atoms with Gasteiger partial charge in [0, 0.05) is 25.8 Å². The van der Waals surface area contributed by atoms with Crippen LogP contribution in [0.15, 0.2) is 42.6 Å². The molecule has 1 fully saturated rings. The first-order valence-electron chi connectivity index (χ1n) is 10.8. The second-order valence-electron chi connectivity index (χ2n) is 7.64. The number of thiazole rings is 1. The highest BCUT2D eigenvalue weighted by atomic mass is 32.1. The van der Waals surface area contributed by atoms with Gasteiger partial charge in [-0.2, -0.15) is 0 Å². The Morgan fingerprint density at radius 2 is 1.97 bits per heavy atom. The first-order chi connectivity index (χ1) is 16.1. The summed E-state index contributed by atoms with van der Waals surface area (Å²) in [6, 6.07) is 11.5. The van der Waals surface area contributed by atoms with Gasteiger partial charge in [0.05, 0.1) is 44.9 Å². The minimum Gasteiger partial charge on any atom is -0.493 e. The van der Waals surface area contributed by atoms with Gasteiger partial charge in [-0.15, -0.1) is 11.3 Å². The standard InChI is InChI=1S/C24H28N4O4S/c1-16-22(33-24(27-16)18-6-4-5-9-25-18)23(29)26-15-19(28-10-12-32-13-11-28)17-7-8-20(30-2)21(14-17)31-3/h4-9,14,19H,10-13,15H2,1-3H3,(H,26,29). The van der Waals surface area contributed by atoms with Gasteiger partial charge in [0.25, 0.3) is 5.91 Å². The predicted octanol–water partition coefficient (Wildman–Crippen LogP) is 3.33. The molecule has 1 saturated heterocycles. The summed E-state index contributed by atoms with van der Waals surface area (Å²) < 4.78 is 16.4. The van der Waals surface area contributed by atoms with Crippen LogP contribution in [0.1, 0.15) is 27.0 Å². The lowest BCUT2D eigenvalue weighted by molar-refractivity contribution is 0.0162. The highest BCUT2D eigenvalue weighted by Gasteiger charge is 2.25. The molecule has 3 aromatic rings. The van der Waals surface area contributed by atoms with Gasteiger partial charge in [0.2, 0.25) is 0 Å². The number of hydrogen-bond acceptors (Lipinski definition) is 8. The number of benzene rings is 1. The van der Waals surface area contributed by atoms with Crippen molar-refractivity contribution in [1.82, 2.24) is 20.2 Å². The highest BCUT2D eigenvalue weighted by molar-refractivity contribution is 7.17. The quantitative estimate of drug-likeness (QED) is 0.543. The van der Waals surface area contributed by atoms with E-state index in [9.17, 15) is 4.79 Å². The Morgan fingerprint density at radius 1 is 1.18 bits per heavy atom. The third-order valence-electron chi connectivity index (χ3n) is 5.62. The molecule has 1 aromatic carbocycles. The summed E-state index contributed by atoms with van der Waals surface area (Å²) in [5.74, 6) is 1.21. The van der Waals surface area contributed by atoms with Crippen molar-refractivity contribution in [2.75, 3.05) is 47.1 Å². The second kappa shape index (κ2) is 10.7. The van der Waals surface area contributed by atoms with Crippen LogP contribution in [0.3, 0.4) is 0 Å².